The van der Waals surface area contributed by atoms with Gasteiger partial charge in [0.15, 0.2) is 0 Å². The van der Waals surface area contributed by atoms with E-state index in [4.69, 9.17) is 4.74 Å². The van der Waals surface area contributed by atoms with Gasteiger partial charge in [0.1, 0.15) is 5.54 Å². The van der Waals surface area contributed by atoms with Crippen LogP contribution in [0.1, 0.15) is 26.7 Å². The molecule has 4 rings (SSSR count). The minimum atomic E-state index is -0.618. The van der Waals surface area contributed by atoms with Gasteiger partial charge in [-0.1, -0.05) is 12.1 Å². The Kier molecular flexibility index (Phi) is 4.82. The minimum Gasteiger partial charge on any atom is -0.373 e. The van der Waals surface area contributed by atoms with E-state index in [9.17, 15) is 9.59 Å². The Labute approximate surface area is 160 Å². The number of carbonyl (C=O) groups excluding carboxylic acids is 2. The fraction of sp³-hybridized carbons (Fsp3) is 0.600. The van der Waals surface area contributed by atoms with E-state index in [-0.39, 0.29) is 24.0 Å². The number of morpholine rings is 1. The van der Waals surface area contributed by atoms with Gasteiger partial charge in [0.2, 0.25) is 11.8 Å². The number of carbonyl (C=O) groups is 2. The maximum Gasteiger partial charge on any atom is 0.250 e. The normalized spacial score (nSPS) is 27.6. The quantitative estimate of drug-likeness (QED) is 0.823. The number of benzene rings is 1. The summed E-state index contributed by atoms with van der Waals surface area (Å²) in [5.41, 5.74) is 1.16. The molecule has 1 aromatic carbocycles. The molecule has 7 nitrogen and oxygen atoms in total. The summed E-state index contributed by atoms with van der Waals surface area (Å²) < 4.78 is 5.74. The molecule has 0 aliphatic carbocycles. The second-order valence-electron chi connectivity index (χ2n) is 8.04. The highest BCUT2D eigenvalue weighted by atomic mass is 16.5. The van der Waals surface area contributed by atoms with Crippen molar-refractivity contribution < 1.29 is 14.3 Å². The number of fused-ring (bicyclic) bond motifs is 1. The van der Waals surface area contributed by atoms with E-state index in [1.807, 2.05) is 43.0 Å². The molecule has 0 bridgehead atoms. The van der Waals surface area contributed by atoms with E-state index >= 15 is 0 Å². The van der Waals surface area contributed by atoms with Gasteiger partial charge in [-0.25, -0.2) is 0 Å². The lowest BCUT2D eigenvalue weighted by Crippen LogP contribution is -2.60. The minimum absolute atomic E-state index is 0.00382. The molecule has 2 N–H and O–H groups in total. The zero-order valence-electron chi connectivity index (χ0n) is 16.0. The Hall–Kier alpha value is -2.12. The number of hydrogen-bond acceptors (Lipinski definition) is 5. The van der Waals surface area contributed by atoms with E-state index in [2.05, 4.69) is 15.5 Å². The lowest BCUT2D eigenvalue weighted by atomic mass is 9.84. The molecule has 0 radical (unpaired) electrons. The van der Waals surface area contributed by atoms with Gasteiger partial charge >= 0.3 is 0 Å². The number of anilines is 2. The molecule has 0 saturated carbocycles. The molecule has 1 spiro atoms. The highest BCUT2D eigenvalue weighted by Gasteiger charge is 2.45. The predicted molar refractivity (Wildman–Crippen MR) is 104 cm³/mol. The predicted octanol–water partition coefficient (Wildman–Crippen LogP) is 1.52. The number of likely N-dealkylation sites (tertiary alicyclic amines) is 1. The third-order valence-corrected chi connectivity index (χ3v) is 5.81. The van der Waals surface area contributed by atoms with Crippen LogP contribution in [0, 0.1) is 0 Å². The van der Waals surface area contributed by atoms with E-state index in [1.54, 1.807) is 0 Å². The van der Waals surface area contributed by atoms with E-state index in [0.29, 0.717) is 32.5 Å². The smallest absolute Gasteiger partial charge is 0.250 e. The molecule has 146 valence electrons. The first-order valence-electron chi connectivity index (χ1n) is 9.79. The van der Waals surface area contributed by atoms with Crippen LogP contribution >= 0.6 is 0 Å². The lowest BCUT2D eigenvalue weighted by molar-refractivity contribution is -0.138. The van der Waals surface area contributed by atoms with Crippen molar-refractivity contribution in [2.75, 3.05) is 43.4 Å². The molecule has 0 aromatic heterocycles. The lowest BCUT2D eigenvalue weighted by Gasteiger charge is -2.44. The highest BCUT2D eigenvalue weighted by Crippen LogP contribution is 2.36. The van der Waals surface area contributed by atoms with Crippen LogP contribution in [0.3, 0.4) is 0 Å². The Morgan fingerprint density at radius 1 is 1.15 bits per heavy atom. The molecule has 3 aliphatic rings. The van der Waals surface area contributed by atoms with Crippen molar-refractivity contribution >= 4 is 23.2 Å². The number of nitrogens with zero attached hydrogens (tertiary/aromatic N) is 2. The van der Waals surface area contributed by atoms with Crippen LogP contribution in [0.25, 0.3) is 0 Å². The number of amides is 2. The Morgan fingerprint density at radius 3 is 2.44 bits per heavy atom. The van der Waals surface area contributed by atoms with Crippen molar-refractivity contribution in [1.82, 2.24) is 9.80 Å². The first kappa shape index (κ1) is 18.3. The second kappa shape index (κ2) is 7.13. The molecule has 2 atom stereocenters. The first-order chi connectivity index (χ1) is 12.9. The average Bonchev–Trinajstić information content (AvgIpc) is 2.62. The van der Waals surface area contributed by atoms with Crippen LogP contribution in [-0.2, 0) is 14.3 Å². The van der Waals surface area contributed by atoms with Gasteiger partial charge in [0, 0.05) is 26.2 Å². The summed E-state index contributed by atoms with van der Waals surface area (Å²) >= 11 is 0. The van der Waals surface area contributed by atoms with Crippen molar-refractivity contribution in [1.29, 1.82) is 0 Å². The maximum atomic E-state index is 12.8. The summed E-state index contributed by atoms with van der Waals surface area (Å²) in [5.74, 6) is 0.145. The summed E-state index contributed by atoms with van der Waals surface area (Å²) in [6.45, 7) is 7.27. The third kappa shape index (κ3) is 3.66. The van der Waals surface area contributed by atoms with Gasteiger partial charge in [0.05, 0.1) is 30.1 Å². The molecular formula is C20H28N4O3. The average molecular weight is 372 g/mol. The summed E-state index contributed by atoms with van der Waals surface area (Å²) in [6, 6.07) is 7.75. The zero-order valence-corrected chi connectivity index (χ0v) is 16.0. The number of ether oxygens (including phenoxy) is 1. The molecule has 1 aromatic rings. The molecule has 2 saturated heterocycles. The number of piperidine rings is 1. The fourth-order valence-corrected chi connectivity index (χ4v) is 4.45. The van der Waals surface area contributed by atoms with Gasteiger partial charge in [-0.05, 0) is 38.8 Å². The molecule has 0 unspecified atom stereocenters. The zero-order chi connectivity index (χ0) is 19.0. The monoisotopic (exact) mass is 372 g/mol. The van der Waals surface area contributed by atoms with E-state index < -0.39 is 5.54 Å². The Morgan fingerprint density at radius 2 is 1.78 bits per heavy atom. The second-order valence-corrected chi connectivity index (χ2v) is 8.04. The van der Waals surface area contributed by atoms with E-state index in [0.717, 1.165) is 24.5 Å². The van der Waals surface area contributed by atoms with Gasteiger partial charge < -0.3 is 20.3 Å². The van der Waals surface area contributed by atoms with Crippen LogP contribution in [0.5, 0.6) is 0 Å². The van der Waals surface area contributed by atoms with Crippen molar-refractivity contribution in [2.24, 2.45) is 0 Å². The Bertz CT molecular complexity index is 720. The number of hydrogen-bond donors (Lipinski definition) is 2. The Balaban J connectivity index is 1.36. The molecule has 7 heteroatoms. The van der Waals surface area contributed by atoms with Crippen molar-refractivity contribution in [3.63, 3.8) is 0 Å². The highest BCUT2D eigenvalue weighted by molar-refractivity contribution is 6.06. The number of nitrogens with one attached hydrogen (secondary N) is 2. The van der Waals surface area contributed by atoms with Crippen molar-refractivity contribution in [3.8, 4) is 0 Å². The van der Waals surface area contributed by atoms with Gasteiger partial charge in [-0.15, -0.1) is 0 Å². The largest absolute Gasteiger partial charge is 0.373 e. The van der Waals surface area contributed by atoms with Crippen LogP contribution in [0.4, 0.5) is 11.4 Å². The fourth-order valence-electron chi connectivity index (χ4n) is 4.45. The summed E-state index contributed by atoms with van der Waals surface area (Å²) in [4.78, 5) is 29.5. The maximum absolute atomic E-state index is 12.8. The molecule has 2 amide bonds. The number of para-hydroxylation sites is 2. The summed E-state index contributed by atoms with van der Waals surface area (Å²) in [7, 11) is 0. The molecular weight excluding hydrogens is 344 g/mol. The van der Waals surface area contributed by atoms with Gasteiger partial charge in [0.25, 0.3) is 0 Å². The molecule has 3 aliphatic heterocycles. The summed E-state index contributed by atoms with van der Waals surface area (Å²) in [6.07, 6.45) is 1.55. The van der Waals surface area contributed by atoms with Crippen molar-refractivity contribution in [2.45, 2.75) is 44.4 Å². The third-order valence-electron chi connectivity index (χ3n) is 5.81. The number of rotatable bonds is 2. The van der Waals surface area contributed by atoms with Crippen LogP contribution in [-0.4, -0.2) is 72.1 Å². The SMILES string of the molecule is C[C@@H]1CN(CC(=O)N2CCC3(CC2)Nc2ccccc2NC3=O)C[C@H](C)O1. The van der Waals surface area contributed by atoms with Crippen LogP contribution < -0.4 is 10.6 Å². The molecule has 3 heterocycles. The van der Waals surface area contributed by atoms with Gasteiger partial charge in [-0.3, -0.25) is 14.5 Å². The van der Waals surface area contributed by atoms with Crippen molar-refractivity contribution in [3.05, 3.63) is 24.3 Å². The topological polar surface area (TPSA) is 73.9 Å². The van der Waals surface area contributed by atoms with Gasteiger partial charge in [-0.2, -0.15) is 0 Å². The molecule has 2 fully saturated rings. The van der Waals surface area contributed by atoms with Crippen LogP contribution in [0.15, 0.2) is 24.3 Å². The van der Waals surface area contributed by atoms with E-state index in [1.165, 1.54) is 0 Å². The van der Waals surface area contributed by atoms with Crippen LogP contribution in [0.2, 0.25) is 0 Å². The molecule has 27 heavy (non-hydrogen) atoms. The standard InChI is InChI=1S/C20H28N4O3/c1-14-11-23(12-15(2)27-14)13-18(25)24-9-7-20(8-10-24)19(26)21-16-5-3-4-6-17(16)22-20/h3-6,14-15,22H,7-13H2,1-2H3,(H,21,26)/t14-,15+. The first-order valence-corrected chi connectivity index (χ1v) is 9.79. The summed E-state index contributed by atoms with van der Waals surface area (Å²) in [5, 5.41) is 6.45.